The number of carbonyl (C=O) groups excluding carboxylic acids is 2. The predicted molar refractivity (Wildman–Crippen MR) is 124 cm³/mol. The minimum Gasteiger partial charge on any atom is -0.343 e. The fourth-order valence-corrected chi connectivity index (χ4v) is 3.45. The molecule has 32 heavy (non-hydrogen) atoms. The Balaban J connectivity index is 1.62. The maximum absolute atomic E-state index is 12.4. The molecule has 0 unspecified atom stereocenters. The second kappa shape index (κ2) is 10.1. The third-order valence-corrected chi connectivity index (χ3v) is 5.25. The molecule has 0 saturated carbocycles. The van der Waals surface area contributed by atoms with Gasteiger partial charge in [-0.15, -0.1) is 0 Å². The predicted octanol–water partition coefficient (Wildman–Crippen LogP) is 1.82. The number of aromatic nitrogens is 2. The number of rotatable bonds is 8. The van der Waals surface area contributed by atoms with Crippen LogP contribution in [0.1, 0.15) is 36.7 Å². The summed E-state index contributed by atoms with van der Waals surface area (Å²) in [5.74, 6) is -0.896. The van der Waals surface area contributed by atoms with Gasteiger partial charge in [-0.05, 0) is 50.2 Å². The van der Waals surface area contributed by atoms with Crippen LogP contribution in [0.3, 0.4) is 0 Å². The van der Waals surface area contributed by atoms with E-state index in [4.69, 9.17) is 0 Å². The van der Waals surface area contributed by atoms with Crippen LogP contribution in [0.25, 0.3) is 10.8 Å². The highest BCUT2D eigenvalue weighted by atomic mass is 16.2. The third kappa shape index (κ3) is 5.30. The highest BCUT2D eigenvalue weighted by Crippen LogP contribution is 2.16. The van der Waals surface area contributed by atoms with Gasteiger partial charge < -0.3 is 10.6 Å². The topological polar surface area (TPSA) is 127 Å². The zero-order valence-electron chi connectivity index (χ0n) is 18.3. The number of nitrogens with zero attached hydrogens (tertiary/aromatic N) is 1. The SMILES string of the molecule is CCN(Cc1ccc(C(=O)NCC(=O)Nc2cccc3c(=O)[nH][nH]c(=O)c23)cc1)C(C)C. The lowest BCUT2D eigenvalue weighted by Gasteiger charge is -2.24. The van der Waals surface area contributed by atoms with Gasteiger partial charge in [-0.3, -0.25) is 34.3 Å². The van der Waals surface area contributed by atoms with Gasteiger partial charge in [0.1, 0.15) is 0 Å². The molecule has 0 saturated heterocycles. The average Bonchev–Trinajstić information content (AvgIpc) is 2.78. The Kier molecular flexibility index (Phi) is 7.21. The molecule has 2 aromatic carbocycles. The van der Waals surface area contributed by atoms with Gasteiger partial charge >= 0.3 is 0 Å². The standard InChI is InChI=1S/C23H27N5O4/c1-4-28(14(2)3)13-15-8-10-16(11-9-15)21(30)24-12-19(29)25-18-7-5-6-17-20(18)23(32)27-26-22(17)31/h5-11,14H,4,12-13H2,1-3H3,(H,24,30)(H,25,29)(H,26,31)(H,27,32). The van der Waals surface area contributed by atoms with Crippen molar-refractivity contribution in [3.8, 4) is 0 Å². The quantitative estimate of drug-likeness (QED) is 0.427. The molecule has 3 rings (SSSR count). The van der Waals surface area contributed by atoms with Gasteiger partial charge in [-0.25, -0.2) is 0 Å². The molecule has 4 N–H and O–H groups in total. The zero-order chi connectivity index (χ0) is 23.3. The van der Waals surface area contributed by atoms with Crippen molar-refractivity contribution < 1.29 is 9.59 Å². The molecule has 1 aromatic heterocycles. The molecule has 1 heterocycles. The van der Waals surface area contributed by atoms with Crippen LogP contribution in [-0.4, -0.2) is 46.0 Å². The summed E-state index contributed by atoms with van der Waals surface area (Å²) >= 11 is 0. The number of H-pyrrole nitrogens is 2. The van der Waals surface area contributed by atoms with Gasteiger partial charge in [-0.1, -0.05) is 25.1 Å². The van der Waals surface area contributed by atoms with Crippen molar-refractivity contribution >= 4 is 28.3 Å². The second-order valence-corrected chi connectivity index (χ2v) is 7.72. The molecule has 3 aromatic rings. The maximum Gasteiger partial charge on any atom is 0.272 e. The molecule has 0 fully saturated rings. The van der Waals surface area contributed by atoms with E-state index < -0.39 is 17.0 Å². The molecule has 9 nitrogen and oxygen atoms in total. The smallest absolute Gasteiger partial charge is 0.272 e. The number of carbonyl (C=O) groups is 2. The molecule has 0 aliphatic carbocycles. The minimum atomic E-state index is -0.529. The van der Waals surface area contributed by atoms with E-state index in [0.29, 0.717) is 11.6 Å². The van der Waals surface area contributed by atoms with E-state index in [0.717, 1.165) is 18.7 Å². The van der Waals surface area contributed by atoms with Crippen LogP contribution in [0.5, 0.6) is 0 Å². The van der Waals surface area contributed by atoms with E-state index in [2.05, 4.69) is 46.5 Å². The van der Waals surface area contributed by atoms with E-state index in [1.165, 1.54) is 12.1 Å². The lowest BCUT2D eigenvalue weighted by atomic mass is 10.1. The monoisotopic (exact) mass is 437 g/mol. The van der Waals surface area contributed by atoms with Crippen LogP contribution < -0.4 is 21.8 Å². The Morgan fingerprint density at radius 1 is 1.00 bits per heavy atom. The van der Waals surface area contributed by atoms with Crippen LogP contribution >= 0.6 is 0 Å². The van der Waals surface area contributed by atoms with Gasteiger partial charge in [0.2, 0.25) is 5.91 Å². The molecule has 0 bridgehead atoms. The van der Waals surface area contributed by atoms with Crippen molar-refractivity contribution in [2.75, 3.05) is 18.4 Å². The molecule has 0 radical (unpaired) electrons. The normalized spacial score (nSPS) is 11.2. The van der Waals surface area contributed by atoms with Crippen molar-refractivity contribution in [3.05, 3.63) is 74.3 Å². The van der Waals surface area contributed by atoms with E-state index >= 15 is 0 Å². The molecule has 0 aliphatic rings. The molecule has 0 aliphatic heterocycles. The van der Waals surface area contributed by atoms with Crippen molar-refractivity contribution in [2.45, 2.75) is 33.4 Å². The van der Waals surface area contributed by atoms with E-state index in [-0.39, 0.29) is 28.9 Å². The number of anilines is 1. The van der Waals surface area contributed by atoms with Crippen LogP contribution in [0.4, 0.5) is 5.69 Å². The fourth-order valence-electron chi connectivity index (χ4n) is 3.45. The van der Waals surface area contributed by atoms with Gasteiger partial charge in [0.15, 0.2) is 0 Å². The molecule has 9 heteroatoms. The molecule has 168 valence electrons. The lowest BCUT2D eigenvalue weighted by molar-refractivity contribution is -0.115. The number of benzene rings is 2. The summed E-state index contributed by atoms with van der Waals surface area (Å²) < 4.78 is 0. The Morgan fingerprint density at radius 3 is 2.34 bits per heavy atom. The van der Waals surface area contributed by atoms with Crippen molar-refractivity contribution in [3.63, 3.8) is 0 Å². The highest BCUT2D eigenvalue weighted by Gasteiger charge is 2.13. The van der Waals surface area contributed by atoms with Crippen LogP contribution in [0, 0.1) is 0 Å². The Labute approximate surface area is 184 Å². The maximum atomic E-state index is 12.4. The Hall–Kier alpha value is -3.72. The van der Waals surface area contributed by atoms with Gasteiger partial charge in [0.05, 0.1) is 23.0 Å². The number of nitrogens with one attached hydrogen (secondary N) is 4. The first-order valence-electron chi connectivity index (χ1n) is 10.4. The molecular formula is C23H27N5O4. The number of fused-ring (bicyclic) bond motifs is 1. The largest absolute Gasteiger partial charge is 0.343 e. The Morgan fingerprint density at radius 2 is 1.69 bits per heavy atom. The van der Waals surface area contributed by atoms with Crippen molar-refractivity contribution in [2.24, 2.45) is 0 Å². The highest BCUT2D eigenvalue weighted by molar-refractivity contribution is 6.04. The summed E-state index contributed by atoms with van der Waals surface area (Å²) in [4.78, 5) is 51.0. The number of aromatic amines is 2. The number of amides is 2. The van der Waals surface area contributed by atoms with Crippen LogP contribution in [-0.2, 0) is 11.3 Å². The summed E-state index contributed by atoms with van der Waals surface area (Å²) in [7, 11) is 0. The van der Waals surface area contributed by atoms with Gasteiger partial charge in [0, 0.05) is 18.2 Å². The van der Waals surface area contributed by atoms with Gasteiger partial charge in [-0.2, -0.15) is 0 Å². The van der Waals surface area contributed by atoms with E-state index in [9.17, 15) is 19.2 Å². The summed E-state index contributed by atoms with van der Waals surface area (Å²) in [6.45, 7) is 7.84. The first-order chi connectivity index (χ1) is 15.3. The van der Waals surface area contributed by atoms with Gasteiger partial charge in [0.25, 0.3) is 17.0 Å². The zero-order valence-corrected chi connectivity index (χ0v) is 18.3. The first-order valence-corrected chi connectivity index (χ1v) is 10.4. The third-order valence-electron chi connectivity index (χ3n) is 5.25. The molecule has 2 amide bonds. The fraction of sp³-hybridized carbons (Fsp3) is 0.304. The summed E-state index contributed by atoms with van der Waals surface area (Å²) in [5.41, 5.74) is 0.749. The molecular weight excluding hydrogens is 410 g/mol. The lowest BCUT2D eigenvalue weighted by Crippen LogP contribution is -2.33. The molecule has 0 atom stereocenters. The summed E-state index contributed by atoms with van der Waals surface area (Å²) in [6.07, 6.45) is 0. The van der Waals surface area contributed by atoms with Crippen molar-refractivity contribution in [1.82, 2.24) is 20.4 Å². The van der Waals surface area contributed by atoms with E-state index in [1.807, 2.05) is 12.1 Å². The number of hydrogen-bond donors (Lipinski definition) is 4. The van der Waals surface area contributed by atoms with E-state index in [1.54, 1.807) is 18.2 Å². The minimum absolute atomic E-state index is 0.0778. The summed E-state index contributed by atoms with van der Waals surface area (Å²) in [5, 5.41) is 9.86. The first kappa shape index (κ1) is 23.0. The second-order valence-electron chi connectivity index (χ2n) is 7.72. The van der Waals surface area contributed by atoms with Crippen molar-refractivity contribution in [1.29, 1.82) is 0 Å². The van der Waals surface area contributed by atoms with Crippen LogP contribution in [0.15, 0.2) is 52.1 Å². The summed E-state index contributed by atoms with van der Waals surface area (Å²) in [6, 6.07) is 12.3. The Bertz CT molecular complexity index is 1230. The number of hydrogen-bond acceptors (Lipinski definition) is 5. The molecule has 0 spiro atoms. The van der Waals surface area contributed by atoms with Crippen LogP contribution in [0.2, 0.25) is 0 Å². The average molecular weight is 438 g/mol.